The third-order valence-corrected chi connectivity index (χ3v) is 11.4. The maximum Gasteiger partial charge on any atom is 0.277 e. The second-order valence-corrected chi connectivity index (χ2v) is 16.3. The quantitative estimate of drug-likeness (QED) is 0.0487. The first kappa shape index (κ1) is 46.8. The minimum absolute atomic E-state index is 0.0455. The lowest BCUT2D eigenvalue weighted by Gasteiger charge is -2.19. The van der Waals surface area contributed by atoms with Crippen LogP contribution in [0, 0.1) is 13.8 Å². The maximum atomic E-state index is 13.7. The van der Waals surface area contributed by atoms with Crippen LogP contribution in [0.4, 0.5) is 11.9 Å². The minimum Gasteiger partial charge on any atom is -0.494 e. The molecule has 348 valence electrons. The molecule has 6 N–H and O–H groups in total. The molecule has 0 fully saturated rings. The Morgan fingerprint density at radius 3 is 1.96 bits per heavy atom. The maximum absolute atomic E-state index is 13.7. The van der Waals surface area contributed by atoms with Gasteiger partial charge in [-0.25, -0.2) is 9.97 Å². The second kappa shape index (κ2) is 19.9. The van der Waals surface area contributed by atoms with Crippen LogP contribution >= 0.6 is 11.5 Å². The highest BCUT2D eigenvalue weighted by Crippen LogP contribution is 2.33. The van der Waals surface area contributed by atoms with Gasteiger partial charge in [-0.15, -0.1) is 0 Å². The number of hydrogen-bond donors (Lipinski definition) is 4. The molecular weight excluding hydrogens is 887 g/mol. The Kier molecular flexibility index (Phi) is 13.9. The van der Waals surface area contributed by atoms with Gasteiger partial charge in [-0.2, -0.15) is 9.47 Å². The first-order valence-corrected chi connectivity index (χ1v) is 21.7. The van der Waals surface area contributed by atoms with Crippen LogP contribution in [0.25, 0.3) is 22.1 Å². The van der Waals surface area contributed by atoms with Crippen molar-refractivity contribution < 1.29 is 43.0 Å². The molecule has 1 aliphatic rings. The molecule has 4 aromatic heterocycles. The van der Waals surface area contributed by atoms with Crippen LogP contribution < -0.4 is 31.6 Å². The van der Waals surface area contributed by atoms with Gasteiger partial charge in [0.05, 0.1) is 30.4 Å². The fourth-order valence-electron chi connectivity index (χ4n) is 7.35. The number of allylic oxidation sites excluding steroid dienone is 2. The van der Waals surface area contributed by atoms with E-state index < -0.39 is 35.4 Å². The summed E-state index contributed by atoms with van der Waals surface area (Å²) in [6.07, 6.45) is 6.19. The molecule has 0 saturated heterocycles. The number of methoxy groups -OCH3 is 1. The van der Waals surface area contributed by atoms with Gasteiger partial charge in [0.1, 0.15) is 33.9 Å². The van der Waals surface area contributed by atoms with Crippen molar-refractivity contribution in [1.29, 1.82) is 0 Å². The average Bonchev–Trinajstić information content (AvgIpc) is 4.13. The zero-order valence-corrected chi connectivity index (χ0v) is 38.0. The molecule has 0 spiro atoms. The molecule has 0 radical (unpaired) electrons. The van der Waals surface area contributed by atoms with Crippen LogP contribution in [-0.2, 0) is 34.0 Å². The molecule has 0 unspecified atom stereocenters. The summed E-state index contributed by atoms with van der Waals surface area (Å²) in [5, 5.41) is 10.1. The Labute approximate surface area is 386 Å². The fraction of sp³-hybridized carbons (Fsp3) is 0.295. The third-order valence-electron chi connectivity index (χ3n) is 10.7. The normalized spacial score (nSPS) is 12.5. The minimum atomic E-state index is -0.747. The lowest BCUT2D eigenvalue weighted by molar-refractivity contribution is -0.138. The second-order valence-electron chi connectivity index (χ2n) is 15.3. The predicted octanol–water partition coefficient (Wildman–Crippen LogP) is 3.19. The van der Waals surface area contributed by atoms with Crippen molar-refractivity contribution >= 4 is 86.8 Å². The summed E-state index contributed by atoms with van der Waals surface area (Å²) in [5.74, 6) is -2.93. The molecule has 0 saturated carbocycles. The van der Waals surface area contributed by atoms with Crippen molar-refractivity contribution in [1.82, 2.24) is 43.1 Å². The monoisotopic (exact) mass is 933 g/mol. The van der Waals surface area contributed by atoms with Gasteiger partial charge < -0.3 is 35.0 Å². The number of fused-ring (bicyclic) bond motifs is 2. The number of aromatic nitrogens is 7. The van der Waals surface area contributed by atoms with Crippen LogP contribution in [0.3, 0.4) is 0 Å². The summed E-state index contributed by atoms with van der Waals surface area (Å²) < 4.78 is 21.1. The highest BCUT2D eigenvalue weighted by atomic mass is 32.1. The van der Waals surface area contributed by atoms with Crippen molar-refractivity contribution in [2.24, 2.45) is 11.5 Å². The van der Waals surface area contributed by atoms with Gasteiger partial charge in [-0.3, -0.25) is 53.8 Å². The number of amides is 7. The van der Waals surface area contributed by atoms with Crippen LogP contribution in [-0.4, -0.2) is 118 Å². The molecule has 22 nitrogen and oxygen atoms in total. The van der Waals surface area contributed by atoms with E-state index in [1.54, 1.807) is 52.1 Å². The number of benzene rings is 2. The van der Waals surface area contributed by atoms with E-state index >= 15 is 0 Å². The lowest BCUT2D eigenvalue weighted by atomic mass is 10.1. The SMILES string of the molecule is CCn1nc(C)cc1C(=O)Nc1nc2cc(C(N)=O)cc(OC)c2n1C/C=C/Cn1c(NC(=O)c2cc(C)sn2)nc2cc(C(N)=O)cc(OCCCN(C)C(=O)CCN3C(=O)C=CC3=O)c21. The zero-order valence-electron chi connectivity index (χ0n) is 37.2. The molecule has 23 heteroatoms. The van der Waals surface area contributed by atoms with Crippen molar-refractivity contribution in [3.8, 4) is 11.5 Å². The standard InChI is InChI=1S/C44H47N13O9S/c1-6-57-31(18-24(2)51-57)42(64)50-44-47-28-20-26(39(45)61)22-32(65-5)37(28)55(44)14-7-8-15-56-38-29(48-43(56)49-41(63)30-19-25(3)67-52-30)21-27(40(46)62)23-33(38)66-17-9-13-53(4)34(58)12-16-54-35(59)10-11-36(54)60/h7-8,10-11,18-23H,6,9,12-17H2,1-5H3,(H2,45,61)(H2,46,62)(H,47,50,64)(H,48,49,63)/b8-7+. The molecule has 67 heavy (non-hydrogen) atoms. The molecule has 0 atom stereocenters. The zero-order chi connectivity index (χ0) is 48.1. The molecular formula is C44H47N13O9S. The first-order chi connectivity index (χ1) is 32.1. The number of hydrogen-bond acceptors (Lipinski definition) is 14. The number of carbonyl (C=O) groups is 7. The molecule has 7 rings (SSSR count). The van der Waals surface area contributed by atoms with Crippen LogP contribution in [0.5, 0.6) is 11.5 Å². The van der Waals surface area contributed by atoms with Crippen LogP contribution in [0.1, 0.15) is 72.0 Å². The highest BCUT2D eigenvalue weighted by molar-refractivity contribution is 7.05. The van der Waals surface area contributed by atoms with Gasteiger partial charge in [0.15, 0.2) is 0 Å². The number of carbonyl (C=O) groups excluding carboxylic acids is 7. The molecule has 1 aliphatic heterocycles. The van der Waals surface area contributed by atoms with E-state index in [-0.39, 0.29) is 90.8 Å². The van der Waals surface area contributed by atoms with E-state index in [0.29, 0.717) is 40.9 Å². The first-order valence-electron chi connectivity index (χ1n) is 20.9. The van der Waals surface area contributed by atoms with Gasteiger partial charge in [-0.1, -0.05) is 12.2 Å². The number of nitrogens with one attached hydrogen (secondary N) is 2. The van der Waals surface area contributed by atoms with E-state index in [2.05, 4.69) is 30.1 Å². The summed E-state index contributed by atoms with van der Waals surface area (Å²) >= 11 is 1.16. The highest BCUT2D eigenvalue weighted by Gasteiger charge is 2.26. The molecule has 7 amide bonds. The molecule has 5 heterocycles. The molecule has 0 aliphatic carbocycles. The number of rotatable bonds is 20. The fourth-order valence-corrected chi connectivity index (χ4v) is 7.89. The van der Waals surface area contributed by atoms with Gasteiger partial charge in [0.25, 0.3) is 23.6 Å². The third kappa shape index (κ3) is 10.2. The van der Waals surface area contributed by atoms with Crippen LogP contribution in [0.2, 0.25) is 0 Å². The van der Waals surface area contributed by atoms with Gasteiger partial charge in [0, 0.05) is 74.3 Å². The number of primary amides is 2. The van der Waals surface area contributed by atoms with Crippen molar-refractivity contribution in [2.75, 3.05) is 44.5 Å². The topological polar surface area (TPSA) is 287 Å². The van der Waals surface area contributed by atoms with Crippen molar-refractivity contribution in [3.05, 3.63) is 93.8 Å². The molecule has 0 bridgehead atoms. The number of anilines is 2. The summed E-state index contributed by atoms with van der Waals surface area (Å²) in [6, 6.07) is 9.25. The summed E-state index contributed by atoms with van der Waals surface area (Å²) in [4.78, 5) is 101. The van der Waals surface area contributed by atoms with Crippen molar-refractivity contribution in [3.63, 3.8) is 0 Å². The number of aryl methyl sites for hydroxylation is 3. The van der Waals surface area contributed by atoms with E-state index in [1.807, 2.05) is 13.8 Å². The van der Waals surface area contributed by atoms with E-state index in [4.69, 9.17) is 20.9 Å². The Morgan fingerprint density at radius 1 is 0.821 bits per heavy atom. The largest absolute Gasteiger partial charge is 0.494 e. The van der Waals surface area contributed by atoms with E-state index in [9.17, 15) is 33.6 Å². The Balaban J connectivity index is 1.18. The molecule has 6 aromatic rings. The van der Waals surface area contributed by atoms with E-state index in [0.717, 1.165) is 33.5 Å². The lowest BCUT2D eigenvalue weighted by Crippen LogP contribution is -2.36. The van der Waals surface area contributed by atoms with Gasteiger partial charge >= 0.3 is 0 Å². The summed E-state index contributed by atoms with van der Waals surface area (Å²) in [6.45, 7) is 6.39. The summed E-state index contributed by atoms with van der Waals surface area (Å²) in [5.41, 5.74) is 14.2. The van der Waals surface area contributed by atoms with Gasteiger partial charge in [0.2, 0.25) is 29.6 Å². The average molecular weight is 934 g/mol. The number of imide groups is 1. The Hall–Kier alpha value is -8.21. The van der Waals surface area contributed by atoms with Crippen molar-refractivity contribution in [2.45, 2.75) is 53.2 Å². The number of ether oxygens (including phenoxy) is 2. The number of nitrogens with zero attached hydrogens (tertiary/aromatic N) is 9. The number of imidazole rings is 2. The Morgan fingerprint density at radius 2 is 1.40 bits per heavy atom. The Bertz CT molecular complexity index is 3010. The van der Waals surface area contributed by atoms with E-state index in [1.165, 1.54) is 36.3 Å². The van der Waals surface area contributed by atoms with Crippen LogP contribution in [0.15, 0.2) is 60.7 Å². The molecule has 2 aromatic carbocycles. The van der Waals surface area contributed by atoms with Gasteiger partial charge in [-0.05, 0) is 75.1 Å². The predicted molar refractivity (Wildman–Crippen MR) is 246 cm³/mol. The summed E-state index contributed by atoms with van der Waals surface area (Å²) in [7, 11) is 3.03. The smallest absolute Gasteiger partial charge is 0.277 e. The number of nitrogens with two attached hydrogens (primary N) is 2.